The highest BCUT2D eigenvalue weighted by Gasteiger charge is 2.40. The molecule has 0 fully saturated rings. The molecule has 0 spiro atoms. The fourth-order valence-corrected chi connectivity index (χ4v) is 6.21. The molecule has 0 bridgehead atoms. The predicted octanol–water partition coefficient (Wildman–Crippen LogP) is 3.34. The van der Waals surface area contributed by atoms with Gasteiger partial charge in [-0.2, -0.15) is 0 Å². The number of aldehydes is 1. The third-order valence-electron chi connectivity index (χ3n) is 7.70. The summed E-state index contributed by atoms with van der Waals surface area (Å²) < 4.78 is 12.3. The van der Waals surface area contributed by atoms with Crippen molar-refractivity contribution in [1.29, 1.82) is 0 Å². The van der Waals surface area contributed by atoms with Crippen molar-refractivity contribution in [3.05, 3.63) is 68.9 Å². The minimum Gasteiger partial charge on any atom is -0.493 e. The highest BCUT2D eigenvalue weighted by molar-refractivity contribution is 14.1. The maximum Gasteiger partial charge on any atom is 0.247 e. The fourth-order valence-electron chi connectivity index (χ4n) is 5.45. The van der Waals surface area contributed by atoms with Gasteiger partial charge in [-0.05, 0) is 71.7 Å². The summed E-state index contributed by atoms with van der Waals surface area (Å²) in [4.78, 5) is 54.9. The van der Waals surface area contributed by atoms with Crippen LogP contribution in [0.1, 0.15) is 48.7 Å². The Morgan fingerprint density at radius 3 is 2.64 bits per heavy atom. The zero-order valence-corrected chi connectivity index (χ0v) is 27.4. The molecule has 0 radical (unpaired) electrons. The van der Waals surface area contributed by atoms with E-state index in [9.17, 15) is 29.4 Å². The molecule has 1 heterocycles. The number of para-hydroxylation sites is 1. The topological polar surface area (TPSA) is 158 Å². The normalized spacial score (nSPS) is 17.8. The first-order valence-electron chi connectivity index (χ1n) is 14.8. The van der Waals surface area contributed by atoms with Crippen LogP contribution in [0.3, 0.4) is 0 Å². The molecule has 3 atom stereocenters. The number of aromatic nitrogens is 1. The Kier molecular flexibility index (Phi) is 12.1. The van der Waals surface area contributed by atoms with Crippen LogP contribution in [-0.2, 0) is 20.8 Å². The van der Waals surface area contributed by atoms with Gasteiger partial charge in [0.05, 0.1) is 23.3 Å². The summed E-state index contributed by atoms with van der Waals surface area (Å²) in [5.41, 5.74) is 2.54. The number of nitrogens with zero attached hydrogens (tertiary/aromatic N) is 1. The number of H-pyrrole nitrogens is 1. The lowest BCUT2D eigenvalue weighted by molar-refractivity contribution is -0.138. The van der Waals surface area contributed by atoms with Crippen LogP contribution in [0.15, 0.2) is 54.1 Å². The summed E-state index contributed by atoms with van der Waals surface area (Å²) >= 11 is 2.00. The lowest BCUT2D eigenvalue weighted by Gasteiger charge is -2.40. The second kappa shape index (κ2) is 16.0. The first-order chi connectivity index (χ1) is 21.6. The molecule has 0 aliphatic heterocycles. The van der Waals surface area contributed by atoms with Gasteiger partial charge < -0.3 is 39.7 Å². The number of fused-ring (bicyclic) bond motifs is 1. The van der Waals surface area contributed by atoms with E-state index in [1.165, 1.54) is 26.2 Å². The number of Topliss-reactive ketones (excluding diaryl/α,β-unsaturated/α-hetero) is 1. The smallest absolute Gasteiger partial charge is 0.247 e. The Bertz CT molecular complexity index is 1540. The molecule has 1 aromatic heterocycles. The van der Waals surface area contributed by atoms with Gasteiger partial charge >= 0.3 is 0 Å². The minimum atomic E-state index is -1.25. The van der Waals surface area contributed by atoms with Gasteiger partial charge in [0.1, 0.15) is 24.3 Å². The van der Waals surface area contributed by atoms with Gasteiger partial charge in [-0.3, -0.25) is 14.4 Å². The zero-order chi connectivity index (χ0) is 32.5. The number of hydrogen-bond acceptors (Lipinski definition) is 8. The van der Waals surface area contributed by atoms with Crippen LogP contribution < -0.4 is 14.8 Å². The SMILES string of the molecule is COc1cc(C=O)cc(I)c1OC1C=C(C(=O)NCCO)CC(N(CCc2cc3ccccc3[nH]2)C(=O)CCCC(C)=O)C1O. The van der Waals surface area contributed by atoms with Crippen molar-refractivity contribution in [2.24, 2.45) is 0 Å². The van der Waals surface area contributed by atoms with Crippen LogP contribution in [0, 0.1) is 3.57 Å². The van der Waals surface area contributed by atoms with Gasteiger partial charge in [-0.15, -0.1) is 0 Å². The van der Waals surface area contributed by atoms with Gasteiger partial charge in [0.2, 0.25) is 11.8 Å². The highest BCUT2D eigenvalue weighted by Crippen LogP contribution is 2.37. The fraction of sp³-hybridized carbons (Fsp3) is 0.394. The molecule has 0 saturated heterocycles. The summed E-state index contributed by atoms with van der Waals surface area (Å²) in [6.07, 6.45) is 1.10. The van der Waals surface area contributed by atoms with Crippen molar-refractivity contribution in [1.82, 2.24) is 15.2 Å². The Balaban J connectivity index is 1.68. The van der Waals surface area contributed by atoms with Crippen LogP contribution in [0.2, 0.25) is 0 Å². The molecule has 0 saturated carbocycles. The summed E-state index contributed by atoms with van der Waals surface area (Å²) in [5, 5.41) is 24.7. The lowest BCUT2D eigenvalue weighted by Crippen LogP contribution is -2.55. The van der Waals surface area contributed by atoms with Crippen molar-refractivity contribution in [3.63, 3.8) is 0 Å². The number of halogens is 1. The van der Waals surface area contributed by atoms with Crippen molar-refractivity contribution >= 4 is 57.4 Å². The highest BCUT2D eigenvalue weighted by atomic mass is 127. The van der Waals surface area contributed by atoms with E-state index in [0.29, 0.717) is 28.3 Å². The third kappa shape index (κ3) is 8.70. The molecular formula is C33H38IN3O8. The number of aromatic amines is 1. The van der Waals surface area contributed by atoms with E-state index < -0.39 is 24.2 Å². The minimum absolute atomic E-state index is 0.0199. The van der Waals surface area contributed by atoms with Gasteiger partial charge in [0.15, 0.2) is 11.5 Å². The number of ketones is 1. The van der Waals surface area contributed by atoms with E-state index in [1.807, 2.05) is 52.9 Å². The van der Waals surface area contributed by atoms with Crippen LogP contribution in [0.25, 0.3) is 10.9 Å². The first kappa shape index (κ1) is 34.1. The molecule has 2 amide bonds. The van der Waals surface area contributed by atoms with Crippen molar-refractivity contribution in [3.8, 4) is 11.5 Å². The predicted molar refractivity (Wildman–Crippen MR) is 176 cm³/mol. The second-order valence-corrected chi connectivity index (χ2v) is 12.1. The van der Waals surface area contributed by atoms with Crippen LogP contribution in [0.5, 0.6) is 11.5 Å². The number of aliphatic hydroxyl groups is 2. The number of nitrogens with one attached hydrogen (secondary N) is 2. The average molecular weight is 732 g/mol. The number of benzene rings is 2. The van der Waals surface area contributed by atoms with Crippen LogP contribution in [0.4, 0.5) is 0 Å². The maximum absolute atomic E-state index is 13.7. The largest absolute Gasteiger partial charge is 0.493 e. The molecule has 240 valence electrons. The molecular weight excluding hydrogens is 693 g/mol. The Hall–Kier alpha value is -3.75. The number of carbonyl (C=O) groups is 4. The summed E-state index contributed by atoms with van der Waals surface area (Å²) in [5.74, 6) is -0.179. The molecule has 1 aliphatic carbocycles. The van der Waals surface area contributed by atoms with Crippen molar-refractivity contribution in [2.75, 3.05) is 26.8 Å². The van der Waals surface area contributed by atoms with Crippen LogP contribution in [-0.4, -0.2) is 89.0 Å². The quantitative estimate of drug-likeness (QED) is 0.137. The van der Waals surface area contributed by atoms with Crippen molar-refractivity contribution in [2.45, 2.75) is 57.3 Å². The van der Waals surface area contributed by atoms with E-state index in [2.05, 4.69) is 10.3 Å². The van der Waals surface area contributed by atoms with E-state index in [4.69, 9.17) is 9.47 Å². The number of rotatable bonds is 15. The van der Waals surface area contributed by atoms with Crippen molar-refractivity contribution < 1.29 is 38.9 Å². The molecule has 2 aromatic carbocycles. The van der Waals surface area contributed by atoms with Gasteiger partial charge in [0.25, 0.3) is 0 Å². The van der Waals surface area contributed by atoms with Crippen LogP contribution >= 0.6 is 22.6 Å². The Morgan fingerprint density at radius 2 is 1.96 bits per heavy atom. The van der Waals surface area contributed by atoms with E-state index in [1.54, 1.807) is 11.0 Å². The molecule has 12 heteroatoms. The van der Waals surface area contributed by atoms with Gasteiger partial charge in [-0.1, -0.05) is 18.2 Å². The molecule has 1 aliphatic rings. The molecule has 4 N–H and O–H groups in total. The summed E-state index contributed by atoms with van der Waals surface area (Å²) in [6.45, 7) is 1.49. The molecule has 45 heavy (non-hydrogen) atoms. The van der Waals surface area contributed by atoms with E-state index in [0.717, 1.165) is 16.6 Å². The van der Waals surface area contributed by atoms with E-state index in [-0.39, 0.29) is 67.7 Å². The zero-order valence-electron chi connectivity index (χ0n) is 25.3. The number of aliphatic hydroxyl groups excluding tert-OH is 2. The van der Waals surface area contributed by atoms with Gasteiger partial charge in [-0.25, -0.2) is 0 Å². The molecule has 4 rings (SSSR count). The number of amides is 2. The Labute approximate surface area is 275 Å². The van der Waals surface area contributed by atoms with Gasteiger partial charge in [0, 0.05) is 61.1 Å². The third-order valence-corrected chi connectivity index (χ3v) is 8.51. The second-order valence-electron chi connectivity index (χ2n) is 10.9. The molecule has 11 nitrogen and oxygen atoms in total. The number of ether oxygens (including phenoxy) is 2. The van der Waals surface area contributed by atoms with E-state index >= 15 is 0 Å². The number of hydrogen-bond donors (Lipinski definition) is 4. The monoisotopic (exact) mass is 731 g/mol. The lowest BCUT2D eigenvalue weighted by atomic mass is 9.87. The standard InChI is InChI=1S/C33H38IN3O8/c1-20(40)6-5-9-30(41)37(12-10-24-16-22-7-3-4-8-26(22)36-24)27-17-23(33(43)35-11-13-38)18-28(31(27)42)45-32-25(34)14-21(19-39)15-29(32)44-2/h3-4,7-8,14-16,18-19,27-28,31,36,38,42H,5-6,9-13,17H2,1-2H3,(H,35,43). The average Bonchev–Trinajstić information content (AvgIpc) is 3.44. The summed E-state index contributed by atoms with van der Waals surface area (Å²) in [6, 6.07) is 12.1. The maximum atomic E-state index is 13.7. The summed E-state index contributed by atoms with van der Waals surface area (Å²) in [7, 11) is 1.43. The number of carbonyl (C=O) groups excluding carboxylic acids is 4. The first-order valence-corrected chi connectivity index (χ1v) is 15.9. The number of methoxy groups -OCH3 is 1. The molecule has 3 aromatic rings. The molecule has 3 unspecified atom stereocenters. The Morgan fingerprint density at radius 1 is 1.18 bits per heavy atom.